The first-order valence-corrected chi connectivity index (χ1v) is 4.73. The van der Waals surface area contributed by atoms with Crippen LogP contribution in [0.1, 0.15) is 10.4 Å². The lowest BCUT2D eigenvalue weighted by molar-refractivity contribution is -0.163. The molecule has 0 aliphatic carbocycles. The molecule has 1 rings (SSSR count). The van der Waals surface area contributed by atoms with Crippen LogP contribution in [-0.4, -0.2) is 24.2 Å². The zero-order valence-corrected chi connectivity index (χ0v) is 9.09. The van der Waals surface area contributed by atoms with Gasteiger partial charge in [0.15, 0.2) is 0 Å². The molecule has 0 bridgehead atoms. The number of anilines is 1. The molecular formula is C10H7F5N2O2. The summed E-state index contributed by atoms with van der Waals surface area (Å²) in [5.74, 6) is -9.54. The van der Waals surface area contributed by atoms with Crippen LogP contribution in [0.2, 0.25) is 0 Å². The van der Waals surface area contributed by atoms with Crippen LogP contribution in [0.5, 0.6) is 0 Å². The maximum Gasteiger partial charge on any atom is 0.383 e. The van der Waals surface area contributed by atoms with Crippen molar-refractivity contribution in [2.75, 3.05) is 5.32 Å². The number of halogens is 5. The van der Waals surface area contributed by atoms with Gasteiger partial charge in [0.25, 0.3) is 0 Å². The number of amides is 2. The second-order valence-corrected chi connectivity index (χ2v) is 3.44. The molecule has 0 fully saturated rings. The van der Waals surface area contributed by atoms with Crippen LogP contribution in [0, 0.1) is 5.82 Å². The SMILES string of the molecule is NC(=O)c1ccc(F)c(NC(=O)C(F)(F)C(F)F)c1. The minimum absolute atomic E-state index is 0.280. The molecule has 104 valence electrons. The second kappa shape index (κ2) is 5.21. The Kier molecular flexibility index (Phi) is 4.07. The van der Waals surface area contributed by atoms with E-state index in [0.29, 0.717) is 12.1 Å². The molecule has 0 spiro atoms. The van der Waals surface area contributed by atoms with Crippen molar-refractivity contribution in [3.63, 3.8) is 0 Å². The number of alkyl halides is 4. The van der Waals surface area contributed by atoms with E-state index in [1.165, 1.54) is 5.32 Å². The van der Waals surface area contributed by atoms with E-state index in [2.05, 4.69) is 0 Å². The molecule has 3 N–H and O–H groups in total. The summed E-state index contributed by atoms with van der Waals surface area (Å²) in [4.78, 5) is 21.7. The fourth-order valence-electron chi connectivity index (χ4n) is 1.08. The summed E-state index contributed by atoms with van der Waals surface area (Å²) in [6, 6.07) is 2.28. The maximum atomic E-state index is 13.2. The third-order valence-corrected chi connectivity index (χ3v) is 2.08. The molecule has 4 nitrogen and oxygen atoms in total. The van der Waals surface area contributed by atoms with Crippen LogP contribution in [0.4, 0.5) is 27.6 Å². The Morgan fingerprint density at radius 3 is 2.32 bits per heavy atom. The van der Waals surface area contributed by atoms with Gasteiger partial charge in [-0.2, -0.15) is 8.78 Å². The Labute approximate surface area is 103 Å². The van der Waals surface area contributed by atoms with Crippen molar-refractivity contribution in [1.82, 2.24) is 0 Å². The van der Waals surface area contributed by atoms with Gasteiger partial charge >= 0.3 is 18.3 Å². The monoisotopic (exact) mass is 282 g/mol. The van der Waals surface area contributed by atoms with E-state index < -0.39 is 35.7 Å². The highest BCUT2D eigenvalue weighted by molar-refractivity contribution is 5.99. The highest BCUT2D eigenvalue weighted by Crippen LogP contribution is 2.25. The van der Waals surface area contributed by atoms with E-state index in [4.69, 9.17) is 5.73 Å². The predicted octanol–water partition coefficient (Wildman–Crippen LogP) is 1.76. The number of nitrogens with two attached hydrogens (primary N) is 1. The number of primary amides is 1. The Hall–Kier alpha value is -2.19. The van der Waals surface area contributed by atoms with Crippen molar-refractivity contribution in [2.24, 2.45) is 5.73 Å². The maximum absolute atomic E-state index is 13.2. The number of carbonyl (C=O) groups is 2. The normalized spacial score (nSPS) is 11.5. The molecule has 0 radical (unpaired) electrons. The molecule has 0 aromatic heterocycles. The molecule has 0 unspecified atom stereocenters. The van der Waals surface area contributed by atoms with Gasteiger partial charge in [-0.1, -0.05) is 0 Å². The highest BCUT2D eigenvalue weighted by atomic mass is 19.3. The van der Waals surface area contributed by atoms with E-state index in [-0.39, 0.29) is 5.56 Å². The Morgan fingerprint density at radius 1 is 1.26 bits per heavy atom. The minimum atomic E-state index is -4.98. The first-order valence-electron chi connectivity index (χ1n) is 4.73. The molecular weight excluding hydrogens is 275 g/mol. The van der Waals surface area contributed by atoms with Crippen LogP contribution in [0.3, 0.4) is 0 Å². The lowest BCUT2D eigenvalue weighted by Gasteiger charge is -2.15. The van der Waals surface area contributed by atoms with Gasteiger partial charge in [-0.15, -0.1) is 0 Å². The van der Waals surface area contributed by atoms with Crippen molar-refractivity contribution in [3.8, 4) is 0 Å². The van der Waals surface area contributed by atoms with E-state index in [0.717, 1.165) is 6.07 Å². The van der Waals surface area contributed by atoms with Gasteiger partial charge < -0.3 is 11.1 Å². The first-order chi connectivity index (χ1) is 8.66. The Morgan fingerprint density at radius 2 is 1.84 bits per heavy atom. The molecule has 0 saturated heterocycles. The second-order valence-electron chi connectivity index (χ2n) is 3.44. The smallest absolute Gasteiger partial charge is 0.366 e. The lowest BCUT2D eigenvalue weighted by atomic mass is 10.1. The molecule has 0 aliphatic rings. The Balaban J connectivity index is 3.03. The molecule has 9 heteroatoms. The van der Waals surface area contributed by atoms with Gasteiger partial charge in [0.2, 0.25) is 5.91 Å². The van der Waals surface area contributed by atoms with Gasteiger partial charge in [0, 0.05) is 5.56 Å². The molecule has 0 heterocycles. The van der Waals surface area contributed by atoms with E-state index in [1.807, 2.05) is 0 Å². The van der Waals surface area contributed by atoms with Gasteiger partial charge in [0.1, 0.15) is 5.82 Å². The summed E-state index contributed by atoms with van der Waals surface area (Å²) in [5.41, 5.74) is 3.73. The van der Waals surface area contributed by atoms with E-state index in [1.54, 1.807) is 0 Å². The molecule has 0 atom stereocenters. The summed E-state index contributed by atoms with van der Waals surface area (Å²) >= 11 is 0. The van der Waals surface area contributed by atoms with Gasteiger partial charge in [-0.3, -0.25) is 9.59 Å². The summed E-state index contributed by atoms with van der Waals surface area (Å²) < 4.78 is 62.3. The number of nitrogens with one attached hydrogen (secondary N) is 1. The first kappa shape index (κ1) is 14.9. The van der Waals surface area contributed by atoms with Crippen LogP contribution in [-0.2, 0) is 4.79 Å². The molecule has 0 aliphatic heterocycles. The molecule has 1 aromatic carbocycles. The molecule has 2 amide bonds. The zero-order chi connectivity index (χ0) is 14.8. The standard InChI is InChI=1S/C10H7F5N2O2/c11-5-2-1-4(7(16)18)3-6(5)17-9(19)10(14,15)8(12)13/h1-3,8H,(H2,16,18)(H,17,19). The quantitative estimate of drug-likeness (QED) is 0.826. The number of hydrogen-bond acceptors (Lipinski definition) is 2. The van der Waals surface area contributed by atoms with E-state index in [9.17, 15) is 31.5 Å². The third kappa shape index (κ3) is 3.18. The average Bonchev–Trinajstić information content (AvgIpc) is 2.31. The van der Waals surface area contributed by atoms with Crippen molar-refractivity contribution in [3.05, 3.63) is 29.6 Å². The van der Waals surface area contributed by atoms with Crippen molar-refractivity contribution in [2.45, 2.75) is 12.3 Å². The van der Waals surface area contributed by atoms with Crippen LogP contribution in [0.25, 0.3) is 0 Å². The molecule has 19 heavy (non-hydrogen) atoms. The Bertz CT molecular complexity index is 519. The van der Waals surface area contributed by atoms with Gasteiger partial charge in [-0.05, 0) is 18.2 Å². The topological polar surface area (TPSA) is 72.2 Å². The summed E-state index contributed by atoms with van der Waals surface area (Å²) in [7, 11) is 0. The number of hydrogen-bond donors (Lipinski definition) is 2. The minimum Gasteiger partial charge on any atom is -0.366 e. The van der Waals surface area contributed by atoms with Gasteiger partial charge in [0.05, 0.1) is 5.69 Å². The third-order valence-electron chi connectivity index (χ3n) is 2.08. The fourth-order valence-corrected chi connectivity index (χ4v) is 1.08. The summed E-state index contributed by atoms with van der Waals surface area (Å²) in [6.07, 6.45) is -4.24. The van der Waals surface area contributed by atoms with Crippen molar-refractivity contribution >= 4 is 17.5 Å². The fraction of sp³-hybridized carbons (Fsp3) is 0.200. The van der Waals surface area contributed by atoms with Gasteiger partial charge in [-0.25, -0.2) is 13.2 Å². The zero-order valence-electron chi connectivity index (χ0n) is 9.09. The average molecular weight is 282 g/mol. The number of benzene rings is 1. The predicted molar refractivity (Wildman–Crippen MR) is 54.5 cm³/mol. The van der Waals surface area contributed by atoms with Crippen LogP contribution >= 0.6 is 0 Å². The van der Waals surface area contributed by atoms with Crippen LogP contribution < -0.4 is 11.1 Å². The molecule has 0 saturated carbocycles. The largest absolute Gasteiger partial charge is 0.383 e. The molecule has 1 aromatic rings. The summed E-state index contributed by atoms with van der Waals surface area (Å²) in [5, 5.41) is 1.28. The van der Waals surface area contributed by atoms with Crippen LogP contribution in [0.15, 0.2) is 18.2 Å². The highest BCUT2D eigenvalue weighted by Gasteiger charge is 2.49. The number of carbonyl (C=O) groups excluding carboxylic acids is 2. The number of rotatable bonds is 4. The van der Waals surface area contributed by atoms with Crippen molar-refractivity contribution < 1.29 is 31.5 Å². The lowest BCUT2D eigenvalue weighted by Crippen LogP contribution is -2.41. The van der Waals surface area contributed by atoms with E-state index >= 15 is 0 Å². The summed E-state index contributed by atoms with van der Waals surface area (Å²) in [6.45, 7) is 0. The van der Waals surface area contributed by atoms with Crippen molar-refractivity contribution in [1.29, 1.82) is 0 Å².